The molecule has 3 N–H and O–H groups in total. The summed E-state index contributed by atoms with van der Waals surface area (Å²) >= 11 is 11.2. The van der Waals surface area contributed by atoms with E-state index < -0.39 is 0 Å². The largest absolute Gasteiger partial charge is 0.376 e. The molecule has 0 unspecified atom stereocenters. The summed E-state index contributed by atoms with van der Waals surface area (Å²) in [5.41, 5.74) is 7.21. The van der Waals surface area contributed by atoms with E-state index in [1.165, 1.54) is 0 Å². The number of piperazine rings is 1. The van der Waals surface area contributed by atoms with Crippen LogP contribution in [0.25, 0.3) is 0 Å². The zero-order valence-electron chi connectivity index (χ0n) is 13.5. The van der Waals surface area contributed by atoms with Crippen LogP contribution in [-0.4, -0.2) is 42.1 Å². The van der Waals surface area contributed by atoms with E-state index in [9.17, 15) is 4.79 Å². The number of halogens is 1. The van der Waals surface area contributed by atoms with Crippen molar-refractivity contribution in [2.75, 3.05) is 36.4 Å². The zero-order chi connectivity index (χ0) is 17.0. The second-order valence-electron chi connectivity index (χ2n) is 6.12. The summed E-state index contributed by atoms with van der Waals surface area (Å²) in [6.07, 6.45) is 0.611. The average Bonchev–Trinajstić information content (AvgIpc) is 2.46. The molecule has 0 bridgehead atoms. The van der Waals surface area contributed by atoms with Crippen LogP contribution < -0.4 is 16.0 Å². The van der Waals surface area contributed by atoms with Gasteiger partial charge in [-0.1, -0.05) is 25.4 Å². The van der Waals surface area contributed by atoms with Crippen LogP contribution in [0.5, 0.6) is 0 Å². The normalized spacial score (nSPS) is 15.0. The third-order valence-corrected chi connectivity index (χ3v) is 4.18. The summed E-state index contributed by atoms with van der Waals surface area (Å²) in [5, 5.41) is 3.73. The van der Waals surface area contributed by atoms with Crippen LogP contribution in [0.4, 0.5) is 11.4 Å². The first-order chi connectivity index (χ1) is 10.9. The van der Waals surface area contributed by atoms with Gasteiger partial charge in [-0.3, -0.25) is 4.79 Å². The number of benzene rings is 1. The Bertz CT molecular complexity index is 585. The maximum Gasteiger partial charge on any atom is 0.222 e. The Hall–Kier alpha value is -1.53. The third-order valence-electron chi connectivity index (χ3n) is 3.77. The van der Waals surface area contributed by atoms with Gasteiger partial charge in [-0.25, -0.2) is 0 Å². The molecule has 1 saturated heterocycles. The Balaban J connectivity index is 1.97. The first kappa shape index (κ1) is 17.8. The number of thiocarbonyl (C=S) groups is 1. The molecule has 7 heteroatoms. The summed E-state index contributed by atoms with van der Waals surface area (Å²) in [6.45, 7) is 7.16. The fourth-order valence-electron chi connectivity index (χ4n) is 2.66. The molecule has 0 radical (unpaired) electrons. The highest BCUT2D eigenvalue weighted by Crippen LogP contribution is 2.29. The molecule has 126 valence electrons. The highest BCUT2D eigenvalue weighted by atomic mass is 35.5. The Morgan fingerprint density at radius 1 is 1.35 bits per heavy atom. The number of amides is 1. The molecule has 1 aromatic rings. The second-order valence-corrected chi connectivity index (χ2v) is 6.97. The van der Waals surface area contributed by atoms with Crippen molar-refractivity contribution in [1.29, 1.82) is 0 Å². The third kappa shape index (κ3) is 4.97. The minimum absolute atomic E-state index is 0.214. The molecule has 0 spiro atoms. The van der Waals surface area contributed by atoms with E-state index in [-0.39, 0.29) is 11.0 Å². The highest BCUT2D eigenvalue weighted by molar-refractivity contribution is 7.80. The second kappa shape index (κ2) is 7.84. The lowest BCUT2D eigenvalue weighted by atomic mass is 10.1. The molecule has 0 aliphatic carbocycles. The Labute approximate surface area is 147 Å². The van der Waals surface area contributed by atoms with Gasteiger partial charge in [0.05, 0.1) is 10.7 Å². The molecule has 0 aromatic heterocycles. The van der Waals surface area contributed by atoms with Crippen LogP contribution >= 0.6 is 23.8 Å². The van der Waals surface area contributed by atoms with Crippen molar-refractivity contribution >= 4 is 46.2 Å². The van der Waals surface area contributed by atoms with Gasteiger partial charge in [0.25, 0.3) is 0 Å². The molecule has 1 aliphatic rings. The van der Waals surface area contributed by atoms with E-state index in [0.717, 1.165) is 37.6 Å². The number of rotatable bonds is 4. The van der Waals surface area contributed by atoms with Crippen molar-refractivity contribution in [3.05, 3.63) is 23.2 Å². The molecule has 1 aromatic carbocycles. The summed E-state index contributed by atoms with van der Waals surface area (Å²) in [6, 6.07) is 5.66. The van der Waals surface area contributed by atoms with Crippen LogP contribution in [0, 0.1) is 5.92 Å². The quantitative estimate of drug-likeness (QED) is 0.814. The van der Waals surface area contributed by atoms with E-state index in [4.69, 9.17) is 29.6 Å². The van der Waals surface area contributed by atoms with Crippen LogP contribution in [0.3, 0.4) is 0 Å². The molecule has 1 aliphatic heterocycles. The molecular formula is C16H23ClN4OS. The van der Waals surface area contributed by atoms with Gasteiger partial charge in [-0.05, 0) is 36.3 Å². The minimum atomic E-state index is 0.214. The van der Waals surface area contributed by atoms with Crippen molar-refractivity contribution in [2.24, 2.45) is 11.7 Å². The molecule has 0 atom stereocenters. The van der Waals surface area contributed by atoms with Crippen molar-refractivity contribution in [3.8, 4) is 0 Å². The lowest BCUT2D eigenvalue weighted by Gasteiger charge is -2.36. The molecule has 23 heavy (non-hydrogen) atoms. The first-order valence-corrected chi connectivity index (χ1v) is 8.54. The number of anilines is 2. The summed E-state index contributed by atoms with van der Waals surface area (Å²) in [5.74, 6) is 0.630. The maximum atomic E-state index is 12.1. The van der Waals surface area contributed by atoms with E-state index in [0.29, 0.717) is 17.4 Å². The standard InChI is InChI=1S/C16H23ClN4OS/c1-11(2)9-15(22)21-7-5-20(6-8-21)14-4-3-12(10-13(14)17)19-16(18)23/h3-4,10-11H,5-9H2,1-2H3,(H3,18,19,23). The van der Waals surface area contributed by atoms with Crippen molar-refractivity contribution in [2.45, 2.75) is 20.3 Å². The number of hydrogen-bond acceptors (Lipinski definition) is 3. The number of carbonyl (C=O) groups is 1. The predicted molar refractivity (Wildman–Crippen MR) is 100 cm³/mol. The Morgan fingerprint density at radius 2 is 2.00 bits per heavy atom. The van der Waals surface area contributed by atoms with Gasteiger partial charge in [0.1, 0.15) is 0 Å². The van der Waals surface area contributed by atoms with E-state index in [2.05, 4.69) is 24.1 Å². The number of nitrogens with two attached hydrogens (primary N) is 1. The van der Waals surface area contributed by atoms with Gasteiger partial charge in [0.2, 0.25) is 5.91 Å². The summed E-state index contributed by atoms with van der Waals surface area (Å²) < 4.78 is 0. The smallest absolute Gasteiger partial charge is 0.222 e. The van der Waals surface area contributed by atoms with Gasteiger partial charge in [-0.2, -0.15) is 0 Å². The van der Waals surface area contributed by atoms with E-state index in [1.807, 2.05) is 23.1 Å². The Morgan fingerprint density at radius 3 is 2.52 bits per heavy atom. The average molecular weight is 355 g/mol. The van der Waals surface area contributed by atoms with Crippen molar-refractivity contribution < 1.29 is 4.79 Å². The fourth-order valence-corrected chi connectivity index (χ4v) is 3.08. The van der Waals surface area contributed by atoms with Crippen LogP contribution in [0.2, 0.25) is 5.02 Å². The van der Waals surface area contributed by atoms with Crippen molar-refractivity contribution in [3.63, 3.8) is 0 Å². The minimum Gasteiger partial charge on any atom is -0.376 e. The maximum absolute atomic E-state index is 12.1. The number of nitrogens with zero attached hydrogens (tertiary/aromatic N) is 2. The SMILES string of the molecule is CC(C)CC(=O)N1CCN(c2ccc(NC(N)=S)cc2Cl)CC1. The number of carbonyl (C=O) groups excluding carboxylic acids is 1. The molecular weight excluding hydrogens is 332 g/mol. The molecule has 1 amide bonds. The van der Waals surface area contributed by atoms with Gasteiger partial charge >= 0.3 is 0 Å². The van der Waals surface area contributed by atoms with Gasteiger partial charge in [0.15, 0.2) is 5.11 Å². The molecule has 1 fully saturated rings. The molecule has 5 nitrogen and oxygen atoms in total. The topological polar surface area (TPSA) is 61.6 Å². The zero-order valence-corrected chi connectivity index (χ0v) is 15.1. The summed E-state index contributed by atoms with van der Waals surface area (Å²) in [4.78, 5) is 16.3. The fraction of sp³-hybridized carbons (Fsp3) is 0.500. The highest BCUT2D eigenvalue weighted by Gasteiger charge is 2.22. The van der Waals surface area contributed by atoms with Crippen LogP contribution in [0.1, 0.15) is 20.3 Å². The monoisotopic (exact) mass is 354 g/mol. The van der Waals surface area contributed by atoms with E-state index in [1.54, 1.807) is 0 Å². The van der Waals surface area contributed by atoms with Crippen LogP contribution in [0.15, 0.2) is 18.2 Å². The molecule has 1 heterocycles. The number of nitrogens with one attached hydrogen (secondary N) is 1. The first-order valence-electron chi connectivity index (χ1n) is 7.75. The molecule has 2 rings (SSSR count). The van der Waals surface area contributed by atoms with Crippen LogP contribution in [-0.2, 0) is 4.79 Å². The number of hydrogen-bond donors (Lipinski definition) is 2. The van der Waals surface area contributed by atoms with E-state index >= 15 is 0 Å². The van der Waals surface area contributed by atoms with Crippen molar-refractivity contribution in [1.82, 2.24) is 4.90 Å². The Kier molecular flexibility index (Phi) is 6.07. The predicted octanol–water partition coefficient (Wildman–Crippen LogP) is 2.69. The van der Waals surface area contributed by atoms with Gasteiger partial charge in [-0.15, -0.1) is 0 Å². The summed E-state index contributed by atoms with van der Waals surface area (Å²) in [7, 11) is 0. The van der Waals surface area contributed by atoms with Gasteiger partial charge in [0, 0.05) is 38.3 Å². The van der Waals surface area contributed by atoms with Gasteiger partial charge < -0.3 is 20.9 Å². The molecule has 0 saturated carbocycles. The lowest BCUT2D eigenvalue weighted by Crippen LogP contribution is -2.49. The lowest BCUT2D eigenvalue weighted by molar-refractivity contribution is -0.132.